The standard InChI is InChI=1S/C28H29ClN2O3/c1-30(2)21-11-13-22(14-12-21)31-27(33)16-19-15-25(32)26(34-23-5-3-4-6-23)17-24(19)28(31)18-7-9-20(29)10-8-18/h7-15,17,23,28,32H,3-6,16H2,1-2H3. The van der Waals surface area contributed by atoms with E-state index < -0.39 is 0 Å². The number of phenolic OH excluding ortho intramolecular Hbond substituents is 1. The van der Waals surface area contributed by atoms with Crippen molar-refractivity contribution in [2.45, 2.75) is 44.2 Å². The molecule has 0 aromatic heterocycles. The minimum atomic E-state index is -0.356. The van der Waals surface area contributed by atoms with E-state index >= 15 is 0 Å². The lowest BCUT2D eigenvalue weighted by atomic mass is 9.87. The Morgan fingerprint density at radius 1 is 1.00 bits per heavy atom. The van der Waals surface area contributed by atoms with Crippen molar-refractivity contribution in [2.24, 2.45) is 0 Å². The van der Waals surface area contributed by atoms with Crippen molar-refractivity contribution >= 4 is 28.9 Å². The van der Waals surface area contributed by atoms with Crippen LogP contribution in [0.4, 0.5) is 11.4 Å². The van der Waals surface area contributed by atoms with Crippen LogP contribution in [0.25, 0.3) is 0 Å². The lowest BCUT2D eigenvalue weighted by molar-refractivity contribution is -0.118. The fraction of sp³-hybridized carbons (Fsp3) is 0.321. The molecular weight excluding hydrogens is 448 g/mol. The van der Waals surface area contributed by atoms with Crippen LogP contribution in [0.1, 0.15) is 48.4 Å². The van der Waals surface area contributed by atoms with E-state index in [0.717, 1.165) is 53.7 Å². The van der Waals surface area contributed by atoms with Gasteiger partial charge in [0.05, 0.1) is 18.6 Å². The summed E-state index contributed by atoms with van der Waals surface area (Å²) in [6.45, 7) is 0. The maximum absolute atomic E-state index is 13.5. The van der Waals surface area contributed by atoms with Gasteiger partial charge in [0.2, 0.25) is 5.91 Å². The molecule has 6 heteroatoms. The molecule has 5 rings (SSSR count). The van der Waals surface area contributed by atoms with E-state index in [9.17, 15) is 9.90 Å². The van der Waals surface area contributed by atoms with Gasteiger partial charge in [-0.3, -0.25) is 4.79 Å². The molecule has 1 saturated carbocycles. The fourth-order valence-corrected chi connectivity index (χ4v) is 5.15. The zero-order valence-electron chi connectivity index (χ0n) is 19.5. The summed E-state index contributed by atoms with van der Waals surface area (Å²) in [7, 11) is 3.98. The minimum absolute atomic E-state index is 0.0195. The molecule has 3 aromatic carbocycles. The van der Waals surface area contributed by atoms with E-state index in [2.05, 4.69) is 0 Å². The quantitative estimate of drug-likeness (QED) is 0.482. The zero-order chi connectivity index (χ0) is 23.8. The van der Waals surface area contributed by atoms with Crippen LogP contribution in [0.3, 0.4) is 0 Å². The third-order valence-electron chi connectivity index (χ3n) is 6.81. The summed E-state index contributed by atoms with van der Waals surface area (Å²) in [5.41, 5.74) is 4.63. The number of hydrogen-bond acceptors (Lipinski definition) is 4. The number of rotatable bonds is 5. The first-order valence-corrected chi connectivity index (χ1v) is 12.2. The molecule has 1 amide bonds. The summed E-state index contributed by atoms with van der Waals surface area (Å²) < 4.78 is 6.21. The Hall–Kier alpha value is -3.18. The second-order valence-corrected chi connectivity index (χ2v) is 9.78. The molecule has 0 bridgehead atoms. The molecule has 1 aliphatic carbocycles. The van der Waals surface area contributed by atoms with Crippen LogP contribution in [-0.2, 0) is 11.2 Å². The lowest BCUT2D eigenvalue weighted by Gasteiger charge is -2.38. The van der Waals surface area contributed by atoms with Gasteiger partial charge in [-0.15, -0.1) is 0 Å². The molecule has 1 N–H and O–H groups in total. The second kappa shape index (κ2) is 9.22. The van der Waals surface area contributed by atoms with Crippen LogP contribution in [0.15, 0.2) is 60.7 Å². The predicted octanol–water partition coefficient (Wildman–Crippen LogP) is 6.11. The number of benzene rings is 3. The highest BCUT2D eigenvalue weighted by Crippen LogP contribution is 2.44. The van der Waals surface area contributed by atoms with E-state index in [0.29, 0.717) is 10.8 Å². The molecule has 3 aromatic rings. The highest BCUT2D eigenvalue weighted by Gasteiger charge is 2.36. The summed E-state index contributed by atoms with van der Waals surface area (Å²) in [6.07, 6.45) is 4.63. The highest BCUT2D eigenvalue weighted by molar-refractivity contribution is 6.30. The molecule has 2 aliphatic rings. The first-order valence-electron chi connectivity index (χ1n) is 11.8. The molecule has 1 heterocycles. The van der Waals surface area contributed by atoms with E-state index in [-0.39, 0.29) is 30.2 Å². The molecule has 34 heavy (non-hydrogen) atoms. The van der Waals surface area contributed by atoms with Crippen molar-refractivity contribution in [2.75, 3.05) is 23.9 Å². The van der Waals surface area contributed by atoms with Crippen molar-refractivity contribution in [3.63, 3.8) is 0 Å². The lowest BCUT2D eigenvalue weighted by Crippen LogP contribution is -2.41. The third kappa shape index (κ3) is 4.32. The molecule has 1 atom stereocenters. The van der Waals surface area contributed by atoms with Gasteiger partial charge in [0.25, 0.3) is 0 Å². The number of anilines is 2. The van der Waals surface area contributed by atoms with Crippen molar-refractivity contribution in [1.29, 1.82) is 0 Å². The normalized spacial score (nSPS) is 18.1. The van der Waals surface area contributed by atoms with Gasteiger partial charge in [0.15, 0.2) is 11.5 Å². The predicted molar refractivity (Wildman–Crippen MR) is 136 cm³/mol. The number of carbonyl (C=O) groups is 1. The Kier molecular flexibility index (Phi) is 6.13. The molecule has 0 radical (unpaired) electrons. The van der Waals surface area contributed by atoms with E-state index in [1.807, 2.05) is 78.5 Å². The average molecular weight is 477 g/mol. The molecule has 1 aliphatic heterocycles. The Labute approximate surface area is 205 Å². The van der Waals surface area contributed by atoms with Crippen LogP contribution < -0.4 is 14.5 Å². The Morgan fingerprint density at radius 3 is 2.32 bits per heavy atom. The van der Waals surface area contributed by atoms with E-state index in [1.54, 1.807) is 6.07 Å². The maximum atomic E-state index is 13.5. The number of hydrogen-bond donors (Lipinski definition) is 1. The van der Waals surface area contributed by atoms with Crippen LogP contribution in [-0.4, -0.2) is 31.2 Å². The molecule has 1 unspecified atom stereocenters. The van der Waals surface area contributed by atoms with Gasteiger partial charge < -0.3 is 19.6 Å². The molecule has 176 valence electrons. The summed E-state index contributed by atoms with van der Waals surface area (Å²) in [6, 6.07) is 18.9. The third-order valence-corrected chi connectivity index (χ3v) is 7.06. The minimum Gasteiger partial charge on any atom is -0.504 e. The van der Waals surface area contributed by atoms with Gasteiger partial charge in [0, 0.05) is 30.5 Å². The number of phenols is 1. The Morgan fingerprint density at radius 2 is 1.68 bits per heavy atom. The number of amides is 1. The molecular formula is C28H29ClN2O3. The topological polar surface area (TPSA) is 53.0 Å². The molecule has 1 fully saturated rings. The number of ether oxygens (including phenoxy) is 1. The van der Waals surface area contributed by atoms with Gasteiger partial charge in [0.1, 0.15) is 0 Å². The van der Waals surface area contributed by atoms with Gasteiger partial charge in [-0.05, 0) is 90.9 Å². The van der Waals surface area contributed by atoms with Crippen LogP contribution in [0.2, 0.25) is 5.02 Å². The first-order chi connectivity index (χ1) is 16.4. The number of carbonyl (C=O) groups excluding carboxylic acids is 1. The van der Waals surface area contributed by atoms with Crippen LogP contribution >= 0.6 is 11.6 Å². The summed E-state index contributed by atoms with van der Waals surface area (Å²) in [5.74, 6) is 0.563. The summed E-state index contributed by atoms with van der Waals surface area (Å²) in [5, 5.41) is 11.3. The summed E-state index contributed by atoms with van der Waals surface area (Å²) >= 11 is 6.18. The van der Waals surface area contributed by atoms with E-state index in [4.69, 9.17) is 16.3 Å². The number of fused-ring (bicyclic) bond motifs is 1. The molecule has 0 spiro atoms. The van der Waals surface area contributed by atoms with Crippen LogP contribution in [0.5, 0.6) is 11.5 Å². The van der Waals surface area contributed by atoms with Crippen molar-refractivity contribution in [3.8, 4) is 11.5 Å². The average Bonchev–Trinajstić information content (AvgIpc) is 3.33. The van der Waals surface area contributed by atoms with Gasteiger partial charge in [-0.1, -0.05) is 23.7 Å². The largest absolute Gasteiger partial charge is 0.504 e. The molecule has 5 nitrogen and oxygen atoms in total. The Bertz CT molecular complexity index is 1190. The number of nitrogens with zero attached hydrogens (tertiary/aromatic N) is 2. The first kappa shape index (κ1) is 22.6. The highest BCUT2D eigenvalue weighted by atomic mass is 35.5. The van der Waals surface area contributed by atoms with Gasteiger partial charge in [-0.25, -0.2) is 0 Å². The van der Waals surface area contributed by atoms with Crippen LogP contribution in [0, 0.1) is 0 Å². The second-order valence-electron chi connectivity index (χ2n) is 9.35. The zero-order valence-corrected chi connectivity index (χ0v) is 20.3. The Balaban J connectivity index is 1.62. The van der Waals surface area contributed by atoms with Crippen molar-refractivity contribution in [3.05, 3.63) is 82.4 Å². The number of aromatic hydroxyl groups is 1. The molecule has 0 saturated heterocycles. The van der Waals surface area contributed by atoms with Gasteiger partial charge in [-0.2, -0.15) is 0 Å². The van der Waals surface area contributed by atoms with E-state index in [1.165, 1.54) is 0 Å². The number of halogens is 1. The maximum Gasteiger partial charge on any atom is 0.232 e. The SMILES string of the molecule is CN(C)c1ccc(N2C(=O)Cc3cc(O)c(OC4CCCC4)cc3C2c2ccc(Cl)cc2)cc1. The fourth-order valence-electron chi connectivity index (χ4n) is 5.02. The van der Waals surface area contributed by atoms with Gasteiger partial charge >= 0.3 is 0 Å². The monoisotopic (exact) mass is 476 g/mol. The van der Waals surface area contributed by atoms with Crippen molar-refractivity contribution in [1.82, 2.24) is 0 Å². The summed E-state index contributed by atoms with van der Waals surface area (Å²) in [4.78, 5) is 17.4. The van der Waals surface area contributed by atoms with Crippen molar-refractivity contribution < 1.29 is 14.6 Å². The smallest absolute Gasteiger partial charge is 0.232 e.